The lowest BCUT2D eigenvalue weighted by Crippen LogP contribution is -2.35. The molecule has 0 spiro atoms. The van der Waals surface area contributed by atoms with Crippen molar-refractivity contribution in [1.29, 1.82) is 0 Å². The van der Waals surface area contributed by atoms with Crippen LogP contribution in [0, 0.1) is 18.8 Å². The van der Waals surface area contributed by atoms with Gasteiger partial charge in [-0.1, -0.05) is 0 Å². The number of amides is 1. The van der Waals surface area contributed by atoms with E-state index in [2.05, 4.69) is 20.4 Å². The fourth-order valence-electron chi connectivity index (χ4n) is 4.00. The monoisotopic (exact) mass is 326 g/mol. The van der Waals surface area contributed by atoms with Crippen LogP contribution in [0.3, 0.4) is 0 Å². The predicted molar refractivity (Wildman–Crippen MR) is 89.2 cm³/mol. The van der Waals surface area contributed by atoms with Gasteiger partial charge in [0.15, 0.2) is 0 Å². The van der Waals surface area contributed by atoms with Gasteiger partial charge >= 0.3 is 0 Å². The lowest BCUT2D eigenvalue weighted by Gasteiger charge is -2.22. The molecule has 2 fully saturated rings. The quantitative estimate of drug-likeness (QED) is 0.917. The number of hydrogen-bond acceptors (Lipinski definition) is 5. The highest BCUT2D eigenvalue weighted by molar-refractivity contribution is 5.76. The fourth-order valence-corrected chi connectivity index (χ4v) is 4.00. The molecule has 0 aromatic carbocycles. The number of rotatable bonds is 4. The summed E-state index contributed by atoms with van der Waals surface area (Å²) in [7, 11) is 0. The first kappa shape index (κ1) is 15.1. The van der Waals surface area contributed by atoms with Crippen LogP contribution < -0.4 is 5.32 Å². The van der Waals surface area contributed by atoms with Crippen molar-refractivity contribution in [3.63, 3.8) is 0 Å². The molecular weight excluding hydrogens is 304 g/mol. The Labute approximate surface area is 141 Å². The summed E-state index contributed by atoms with van der Waals surface area (Å²) in [5.74, 6) is 2.06. The summed E-state index contributed by atoms with van der Waals surface area (Å²) in [4.78, 5) is 22.9. The molecule has 0 radical (unpaired) electrons. The molecule has 3 heterocycles. The van der Waals surface area contributed by atoms with Gasteiger partial charge in [0, 0.05) is 43.6 Å². The van der Waals surface area contributed by atoms with Crippen LogP contribution in [-0.4, -0.2) is 49.7 Å². The van der Waals surface area contributed by atoms with Crippen molar-refractivity contribution < 1.29 is 4.79 Å². The largest absolute Gasteiger partial charge is 0.366 e. The van der Waals surface area contributed by atoms with E-state index in [0.29, 0.717) is 24.4 Å². The van der Waals surface area contributed by atoms with E-state index in [1.807, 2.05) is 18.0 Å². The lowest BCUT2D eigenvalue weighted by molar-refractivity contribution is -0.131. The number of aryl methyl sites for hydroxylation is 1. The zero-order chi connectivity index (χ0) is 16.5. The van der Waals surface area contributed by atoms with Gasteiger partial charge in [0.2, 0.25) is 5.91 Å². The molecular formula is C17H22N6O. The van der Waals surface area contributed by atoms with Gasteiger partial charge in [-0.15, -0.1) is 0 Å². The second-order valence-electron chi connectivity index (χ2n) is 6.86. The van der Waals surface area contributed by atoms with Crippen LogP contribution in [0.2, 0.25) is 0 Å². The van der Waals surface area contributed by atoms with Gasteiger partial charge in [-0.25, -0.2) is 4.98 Å². The van der Waals surface area contributed by atoms with E-state index in [4.69, 9.17) is 0 Å². The number of nitrogens with one attached hydrogen (secondary N) is 1. The number of carbonyl (C=O) groups excluding carboxylic acids is 1. The van der Waals surface area contributed by atoms with Gasteiger partial charge in [0.05, 0.1) is 12.4 Å². The van der Waals surface area contributed by atoms with E-state index in [9.17, 15) is 4.79 Å². The summed E-state index contributed by atoms with van der Waals surface area (Å²) in [5, 5.41) is 7.71. The Hall–Kier alpha value is -2.44. The molecule has 1 aliphatic heterocycles. The second-order valence-corrected chi connectivity index (χ2v) is 6.86. The van der Waals surface area contributed by atoms with Gasteiger partial charge in [-0.05, 0) is 31.2 Å². The molecule has 7 nitrogen and oxygen atoms in total. The summed E-state index contributed by atoms with van der Waals surface area (Å²) in [6.07, 6.45) is 11.1. The molecule has 1 amide bonds. The Morgan fingerprint density at radius 2 is 2.21 bits per heavy atom. The average molecular weight is 326 g/mol. The minimum Gasteiger partial charge on any atom is -0.366 e. The normalized spacial score (nSPS) is 25.7. The lowest BCUT2D eigenvalue weighted by atomic mass is 9.98. The molecule has 126 valence electrons. The van der Waals surface area contributed by atoms with Gasteiger partial charge in [-0.3, -0.25) is 14.5 Å². The van der Waals surface area contributed by atoms with Crippen molar-refractivity contribution in [3.05, 3.63) is 36.5 Å². The zero-order valence-electron chi connectivity index (χ0n) is 13.8. The maximum Gasteiger partial charge on any atom is 0.244 e. The van der Waals surface area contributed by atoms with E-state index in [0.717, 1.165) is 37.3 Å². The number of nitrogens with zero attached hydrogens (tertiary/aromatic N) is 5. The van der Waals surface area contributed by atoms with E-state index in [1.54, 1.807) is 29.5 Å². The van der Waals surface area contributed by atoms with E-state index in [-0.39, 0.29) is 5.91 Å². The first-order valence-electron chi connectivity index (χ1n) is 8.48. The zero-order valence-corrected chi connectivity index (χ0v) is 13.8. The third-order valence-corrected chi connectivity index (χ3v) is 5.17. The third kappa shape index (κ3) is 2.98. The van der Waals surface area contributed by atoms with Crippen LogP contribution in [0.1, 0.15) is 18.4 Å². The fraction of sp³-hybridized carbons (Fsp3) is 0.529. The number of likely N-dealkylation sites (tertiary alicyclic amines) is 1. The van der Waals surface area contributed by atoms with Crippen LogP contribution in [0.15, 0.2) is 31.0 Å². The number of anilines is 1. The molecule has 2 aliphatic rings. The summed E-state index contributed by atoms with van der Waals surface area (Å²) in [6, 6.07) is 0.372. The number of fused-ring (bicyclic) bond motifs is 1. The van der Waals surface area contributed by atoms with Gasteiger partial charge in [0.25, 0.3) is 0 Å². The summed E-state index contributed by atoms with van der Waals surface area (Å²) < 4.78 is 1.72. The summed E-state index contributed by atoms with van der Waals surface area (Å²) >= 11 is 0. The Morgan fingerprint density at radius 3 is 2.96 bits per heavy atom. The summed E-state index contributed by atoms with van der Waals surface area (Å²) in [5.41, 5.74) is 1.08. The summed E-state index contributed by atoms with van der Waals surface area (Å²) in [6.45, 7) is 4.00. The van der Waals surface area contributed by atoms with Crippen molar-refractivity contribution in [3.8, 4) is 0 Å². The highest BCUT2D eigenvalue weighted by Crippen LogP contribution is 2.39. The predicted octanol–water partition coefficient (Wildman–Crippen LogP) is 1.33. The van der Waals surface area contributed by atoms with E-state index >= 15 is 0 Å². The van der Waals surface area contributed by atoms with Gasteiger partial charge in [0.1, 0.15) is 12.4 Å². The van der Waals surface area contributed by atoms with E-state index < -0.39 is 0 Å². The second kappa shape index (κ2) is 6.22. The molecule has 2 aromatic heterocycles. The molecule has 4 rings (SSSR count). The Kier molecular flexibility index (Phi) is 3.92. The molecule has 1 aliphatic carbocycles. The van der Waals surface area contributed by atoms with Crippen molar-refractivity contribution in [2.24, 2.45) is 11.8 Å². The van der Waals surface area contributed by atoms with Gasteiger partial charge in [-0.2, -0.15) is 5.10 Å². The Morgan fingerprint density at radius 1 is 1.29 bits per heavy atom. The van der Waals surface area contributed by atoms with Crippen LogP contribution in [0.5, 0.6) is 0 Å². The number of aromatic nitrogens is 4. The van der Waals surface area contributed by atoms with Crippen LogP contribution in [0.25, 0.3) is 0 Å². The third-order valence-electron chi connectivity index (χ3n) is 5.17. The molecule has 0 bridgehead atoms. The van der Waals surface area contributed by atoms with Crippen LogP contribution >= 0.6 is 0 Å². The number of hydrogen-bond donors (Lipinski definition) is 1. The highest BCUT2D eigenvalue weighted by atomic mass is 16.2. The first-order valence-corrected chi connectivity index (χ1v) is 8.48. The highest BCUT2D eigenvalue weighted by Gasteiger charge is 2.44. The average Bonchev–Trinajstić information content (AvgIpc) is 3.26. The van der Waals surface area contributed by atoms with Crippen LogP contribution in [-0.2, 0) is 11.3 Å². The van der Waals surface area contributed by atoms with Crippen molar-refractivity contribution in [2.45, 2.75) is 32.4 Å². The standard InChI is InChI=1S/C17H22N6O/c1-12-6-20-23(8-12)11-17(24)22-9-13-2-3-15(14(13)10-22)21-16-7-18-4-5-19-16/h4-8,13-15H,2-3,9-11H2,1H3,(H,19,21)/t13-,14+,15-/m1/s1. The molecule has 1 saturated heterocycles. The Balaban J connectivity index is 1.37. The Bertz CT molecular complexity index is 715. The van der Waals surface area contributed by atoms with E-state index in [1.165, 1.54) is 0 Å². The minimum atomic E-state index is 0.158. The first-order chi connectivity index (χ1) is 11.7. The minimum absolute atomic E-state index is 0.158. The molecule has 2 aromatic rings. The van der Waals surface area contributed by atoms with Gasteiger partial charge < -0.3 is 10.2 Å². The molecule has 7 heteroatoms. The molecule has 1 saturated carbocycles. The molecule has 0 unspecified atom stereocenters. The van der Waals surface area contributed by atoms with Crippen LogP contribution in [0.4, 0.5) is 5.82 Å². The molecule has 1 N–H and O–H groups in total. The number of carbonyl (C=O) groups is 1. The van der Waals surface area contributed by atoms with Crippen molar-refractivity contribution in [1.82, 2.24) is 24.6 Å². The van der Waals surface area contributed by atoms with Crippen molar-refractivity contribution in [2.75, 3.05) is 18.4 Å². The van der Waals surface area contributed by atoms with Crippen molar-refractivity contribution >= 4 is 11.7 Å². The maximum absolute atomic E-state index is 12.5. The SMILES string of the molecule is Cc1cnn(CC(=O)N2C[C@H]3CC[C@@H](Nc4cnccn4)[C@H]3C2)c1. The molecule has 3 atom stereocenters. The smallest absolute Gasteiger partial charge is 0.244 e. The maximum atomic E-state index is 12.5. The molecule has 24 heavy (non-hydrogen) atoms. The topological polar surface area (TPSA) is 75.9 Å².